The summed E-state index contributed by atoms with van der Waals surface area (Å²) in [5.41, 5.74) is 0. The highest BCUT2D eigenvalue weighted by Gasteiger charge is 2.08. The number of hydrogen-bond acceptors (Lipinski definition) is 4. The van der Waals surface area contributed by atoms with E-state index >= 15 is 0 Å². The lowest BCUT2D eigenvalue weighted by Gasteiger charge is -2.15. The molecule has 6 nitrogen and oxygen atoms in total. The number of nitrogens with zero attached hydrogens (tertiary/aromatic N) is 1. The van der Waals surface area contributed by atoms with E-state index in [1.54, 1.807) is 19.1 Å². The fourth-order valence-electron chi connectivity index (χ4n) is 1.84. The Labute approximate surface area is 166 Å². The van der Waals surface area contributed by atoms with E-state index in [2.05, 4.69) is 15.6 Å². The predicted molar refractivity (Wildman–Crippen MR) is 110 cm³/mol. The summed E-state index contributed by atoms with van der Waals surface area (Å²) in [6.07, 6.45) is -0.248. The van der Waals surface area contributed by atoms with Crippen LogP contribution < -0.4 is 15.4 Å². The van der Waals surface area contributed by atoms with E-state index in [4.69, 9.17) is 4.74 Å². The molecule has 0 radical (unpaired) electrons. The quantitative estimate of drug-likeness (QED) is 0.317. The smallest absolute Gasteiger partial charge is 0.191 e. The van der Waals surface area contributed by atoms with Crippen molar-refractivity contribution >= 4 is 39.8 Å². The van der Waals surface area contributed by atoms with E-state index < -0.39 is 9.84 Å². The molecule has 9 heteroatoms. The molecule has 1 aromatic rings. The Morgan fingerprint density at radius 1 is 1.32 bits per heavy atom. The van der Waals surface area contributed by atoms with Crippen molar-refractivity contribution < 1.29 is 17.5 Å². The Balaban J connectivity index is 0.00000576. The van der Waals surface area contributed by atoms with Gasteiger partial charge in [-0.1, -0.05) is 13.0 Å². The molecule has 2 N–H and O–H groups in total. The minimum absolute atomic E-state index is 0. The normalized spacial score (nSPS) is 12.9. The van der Waals surface area contributed by atoms with Crippen molar-refractivity contribution in [1.29, 1.82) is 0 Å². The summed E-state index contributed by atoms with van der Waals surface area (Å²) in [7, 11) is -3.01. The first-order valence-corrected chi connectivity index (χ1v) is 9.83. The number of ether oxygens (including phenoxy) is 1. The Bertz CT molecular complexity index is 641. The van der Waals surface area contributed by atoms with Gasteiger partial charge in [-0.15, -0.1) is 24.0 Å². The maximum absolute atomic E-state index is 13.1. The van der Waals surface area contributed by atoms with Crippen molar-refractivity contribution in [3.8, 4) is 5.75 Å². The molecule has 0 aliphatic rings. The number of sulfone groups is 1. The van der Waals surface area contributed by atoms with Crippen LogP contribution in [0.25, 0.3) is 0 Å². The molecular weight excluding hydrogens is 460 g/mol. The van der Waals surface area contributed by atoms with Gasteiger partial charge in [0.25, 0.3) is 0 Å². The number of benzene rings is 1. The maximum Gasteiger partial charge on any atom is 0.191 e. The minimum atomic E-state index is -3.01. The van der Waals surface area contributed by atoms with E-state index in [1.807, 2.05) is 13.8 Å². The van der Waals surface area contributed by atoms with E-state index in [0.29, 0.717) is 31.3 Å². The first-order chi connectivity index (χ1) is 11.4. The third kappa shape index (κ3) is 10.5. The van der Waals surface area contributed by atoms with Gasteiger partial charge < -0.3 is 15.4 Å². The van der Waals surface area contributed by atoms with Gasteiger partial charge in [0.05, 0.1) is 12.3 Å². The van der Waals surface area contributed by atoms with Crippen molar-refractivity contribution in [3.63, 3.8) is 0 Å². The molecule has 0 aromatic heterocycles. The van der Waals surface area contributed by atoms with Gasteiger partial charge in [0.15, 0.2) is 15.8 Å². The highest BCUT2D eigenvalue weighted by Crippen LogP contribution is 2.13. The Morgan fingerprint density at radius 2 is 2.04 bits per heavy atom. The summed E-state index contributed by atoms with van der Waals surface area (Å²) in [5.74, 6) is 0.808. The van der Waals surface area contributed by atoms with Crippen molar-refractivity contribution in [1.82, 2.24) is 10.6 Å². The third-order valence-electron chi connectivity index (χ3n) is 3.13. The summed E-state index contributed by atoms with van der Waals surface area (Å²) < 4.78 is 41.7. The average Bonchev–Trinajstić information content (AvgIpc) is 2.52. The van der Waals surface area contributed by atoms with Gasteiger partial charge >= 0.3 is 0 Å². The molecule has 25 heavy (non-hydrogen) atoms. The van der Waals surface area contributed by atoms with Gasteiger partial charge in [-0.2, -0.15) is 0 Å². The standard InChI is InChI=1S/C16H26FN3O3S.HI/c1-4-18-16(19-9-10-24(21,22)5-2)20-12-13(3)23-15-8-6-7-14(17)11-15;/h6-8,11,13H,4-5,9-10,12H2,1-3H3,(H2,18,19,20);1H. The molecule has 0 spiro atoms. The molecule has 0 amide bonds. The topological polar surface area (TPSA) is 79.8 Å². The maximum atomic E-state index is 13.1. The average molecular weight is 487 g/mol. The van der Waals surface area contributed by atoms with Crippen molar-refractivity contribution in [2.45, 2.75) is 26.9 Å². The number of rotatable bonds is 9. The first-order valence-electron chi connectivity index (χ1n) is 8.01. The van der Waals surface area contributed by atoms with Crippen LogP contribution in [0, 0.1) is 5.82 Å². The largest absolute Gasteiger partial charge is 0.489 e. The second-order valence-corrected chi connectivity index (χ2v) is 7.74. The van der Waals surface area contributed by atoms with Crippen LogP contribution in [0.5, 0.6) is 5.75 Å². The molecule has 0 aliphatic carbocycles. The Kier molecular flexibility index (Phi) is 11.7. The van der Waals surface area contributed by atoms with Crippen LogP contribution >= 0.6 is 24.0 Å². The van der Waals surface area contributed by atoms with Crippen LogP contribution in [-0.2, 0) is 9.84 Å². The zero-order valence-electron chi connectivity index (χ0n) is 14.8. The molecule has 1 atom stereocenters. The zero-order valence-corrected chi connectivity index (χ0v) is 17.9. The second kappa shape index (κ2) is 12.3. The predicted octanol–water partition coefficient (Wildman–Crippen LogP) is 2.20. The fraction of sp³-hybridized carbons (Fsp3) is 0.562. The molecule has 0 fully saturated rings. The van der Waals surface area contributed by atoms with E-state index in [0.717, 1.165) is 0 Å². The second-order valence-electron chi connectivity index (χ2n) is 5.27. The molecule has 0 saturated heterocycles. The lowest BCUT2D eigenvalue weighted by Crippen LogP contribution is -2.40. The van der Waals surface area contributed by atoms with Crippen molar-refractivity contribution in [2.75, 3.05) is 31.1 Å². The lowest BCUT2D eigenvalue weighted by atomic mass is 10.3. The fourth-order valence-corrected chi connectivity index (χ4v) is 2.54. The summed E-state index contributed by atoms with van der Waals surface area (Å²) in [6.45, 7) is 6.69. The monoisotopic (exact) mass is 487 g/mol. The molecule has 1 aromatic carbocycles. The number of halogens is 2. The summed E-state index contributed by atoms with van der Waals surface area (Å²) in [6, 6.07) is 5.94. The summed E-state index contributed by atoms with van der Waals surface area (Å²) >= 11 is 0. The van der Waals surface area contributed by atoms with Crippen molar-refractivity contribution in [2.24, 2.45) is 4.99 Å². The van der Waals surface area contributed by atoms with Crippen LogP contribution in [0.2, 0.25) is 0 Å². The lowest BCUT2D eigenvalue weighted by molar-refractivity contribution is 0.229. The molecule has 0 aliphatic heterocycles. The number of aliphatic imine (C=N–C) groups is 1. The van der Waals surface area contributed by atoms with Crippen LogP contribution in [0.4, 0.5) is 4.39 Å². The summed E-state index contributed by atoms with van der Waals surface area (Å²) in [5, 5.41) is 6.03. The first kappa shape index (κ1) is 23.9. The number of nitrogens with one attached hydrogen (secondary N) is 2. The van der Waals surface area contributed by atoms with Crippen LogP contribution in [0.1, 0.15) is 20.8 Å². The minimum Gasteiger partial charge on any atom is -0.489 e. The van der Waals surface area contributed by atoms with Crippen LogP contribution in [0.3, 0.4) is 0 Å². The Hall–Kier alpha value is -1.10. The van der Waals surface area contributed by atoms with Crippen molar-refractivity contribution in [3.05, 3.63) is 30.1 Å². The molecule has 0 bridgehead atoms. The molecule has 144 valence electrons. The van der Waals surface area contributed by atoms with Gasteiger partial charge in [0, 0.05) is 24.9 Å². The van der Waals surface area contributed by atoms with Gasteiger partial charge in [-0.05, 0) is 26.0 Å². The molecule has 0 heterocycles. The molecule has 0 saturated carbocycles. The van der Waals surface area contributed by atoms with Gasteiger partial charge in [0.2, 0.25) is 0 Å². The highest BCUT2D eigenvalue weighted by molar-refractivity contribution is 14.0. The molecule has 1 unspecified atom stereocenters. The zero-order chi connectivity index (χ0) is 18.0. The van der Waals surface area contributed by atoms with Gasteiger partial charge in [0.1, 0.15) is 17.7 Å². The van der Waals surface area contributed by atoms with E-state index in [1.165, 1.54) is 12.1 Å². The third-order valence-corrected chi connectivity index (χ3v) is 4.84. The molecular formula is C16H27FIN3O3S. The molecule has 1 rings (SSSR count). The number of guanidine groups is 1. The van der Waals surface area contributed by atoms with E-state index in [9.17, 15) is 12.8 Å². The van der Waals surface area contributed by atoms with Crippen LogP contribution in [-0.4, -0.2) is 51.6 Å². The number of hydrogen-bond donors (Lipinski definition) is 2. The highest BCUT2D eigenvalue weighted by atomic mass is 127. The van der Waals surface area contributed by atoms with Crippen LogP contribution in [0.15, 0.2) is 29.3 Å². The van der Waals surface area contributed by atoms with Gasteiger partial charge in [-0.25, -0.2) is 17.8 Å². The Morgan fingerprint density at radius 3 is 2.64 bits per heavy atom. The van der Waals surface area contributed by atoms with Gasteiger partial charge in [-0.3, -0.25) is 0 Å². The van der Waals surface area contributed by atoms with E-state index in [-0.39, 0.29) is 47.4 Å². The SMILES string of the molecule is CCNC(=NCC(C)Oc1cccc(F)c1)NCCS(=O)(=O)CC.I. The summed E-state index contributed by atoms with van der Waals surface area (Å²) in [4.78, 5) is 4.36.